The quantitative estimate of drug-likeness (QED) is 0.650. The van der Waals surface area contributed by atoms with Gasteiger partial charge in [-0.05, 0) is 46.4 Å². The maximum absolute atomic E-state index is 6.12. The van der Waals surface area contributed by atoms with Crippen molar-refractivity contribution < 1.29 is 0 Å². The molecule has 0 bridgehead atoms. The van der Waals surface area contributed by atoms with Crippen LogP contribution in [-0.4, -0.2) is 42.1 Å². The van der Waals surface area contributed by atoms with Gasteiger partial charge in [0, 0.05) is 13.0 Å². The van der Waals surface area contributed by atoms with E-state index in [1.54, 1.807) is 0 Å². The number of aromatic nitrogens is 2. The van der Waals surface area contributed by atoms with Crippen molar-refractivity contribution in [1.82, 2.24) is 20.2 Å². The molecule has 4 nitrogen and oxygen atoms in total. The molecule has 0 amide bonds. The van der Waals surface area contributed by atoms with Crippen molar-refractivity contribution in [2.24, 2.45) is 0 Å². The molecule has 0 saturated carbocycles. The van der Waals surface area contributed by atoms with Gasteiger partial charge >= 0.3 is 0 Å². The van der Waals surface area contributed by atoms with Gasteiger partial charge in [0.05, 0.1) is 5.69 Å². The highest BCUT2D eigenvalue weighted by molar-refractivity contribution is 6.30. The summed E-state index contributed by atoms with van der Waals surface area (Å²) in [5, 5.41) is 4.03. The van der Waals surface area contributed by atoms with Crippen LogP contribution in [0.2, 0.25) is 5.15 Å². The predicted molar refractivity (Wildman–Crippen MR) is 81.7 cm³/mol. The van der Waals surface area contributed by atoms with Gasteiger partial charge in [0.2, 0.25) is 0 Å². The highest BCUT2D eigenvalue weighted by Crippen LogP contribution is 2.13. The molecule has 1 heterocycles. The summed E-state index contributed by atoms with van der Waals surface area (Å²) >= 11 is 6.12. The van der Waals surface area contributed by atoms with Gasteiger partial charge in [-0.1, -0.05) is 24.9 Å². The van der Waals surface area contributed by atoms with E-state index in [0.717, 1.165) is 44.0 Å². The third kappa shape index (κ3) is 6.95. The van der Waals surface area contributed by atoms with Crippen molar-refractivity contribution in [3.63, 3.8) is 0 Å². The van der Waals surface area contributed by atoms with Crippen LogP contribution in [-0.2, 0) is 13.0 Å². The molecule has 0 unspecified atom stereocenters. The molecular formula is C14H27ClN4. The Kier molecular flexibility index (Phi) is 8.10. The zero-order valence-corrected chi connectivity index (χ0v) is 13.2. The minimum atomic E-state index is 0.617. The summed E-state index contributed by atoms with van der Waals surface area (Å²) in [6, 6.07) is 0. The lowest BCUT2D eigenvalue weighted by atomic mass is 10.2. The fraction of sp³-hybridized carbons (Fsp3) is 0.786. The Bertz CT molecular complexity index is 349. The molecule has 0 aliphatic heterocycles. The maximum atomic E-state index is 6.12. The lowest BCUT2D eigenvalue weighted by molar-refractivity contribution is 0.391. The molecule has 0 saturated heterocycles. The smallest absolute Gasteiger partial charge is 0.151 e. The largest absolute Gasteiger partial charge is 0.344 e. The summed E-state index contributed by atoms with van der Waals surface area (Å²) in [7, 11) is 4.21. The molecule has 2 N–H and O–H groups in total. The standard InChI is InChI=1S/C14H27ClN4/c1-4-5-8-13-17-12(14(15)18-13)11-16-9-6-7-10-19(2)3/h16H,4-11H2,1-3H3,(H,17,18). The average molecular weight is 287 g/mol. The third-order valence-electron chi connectivity index (χ3n) is 3.06. The Morgan fingerprint density at radius 1 is 1.26 bits per heavy atom. The van der Waals surface area contributed by atoms with Gasteiger partial charge in [-0.15, -0.1) is 0 Å². The average Bonchev–Trinajstić information content (AvgIpc) is 2.71. The third-order valence-corrected chi connectivity index (χ3v) is 3.37. The second kappa shape index (κ2) is 9.34. The van der Waals surface area contributed by atoms with E-state index >= 15 is 0 Å². The van der Waals surface area contributed by atoms with E-state index in [-0.39, 0.29) is 0 Å². The molecule has 1 rings (SSSR count). The first kappa shape index (κ1) is 16.5. The number of hydrogen-bond donors (Lipinski definition) is 2. The van der Waals surface area contributed by atoms with Crippen LogP contribution in [0.1, 0.15) is 44.1 Å². The zero-order chi connectivity index (χ0) is 14.1. The fourth-order valence-electron chi connectivity index (χ4n) is 1.91. The first-order chi connectivity index (χ1) is 9.13. The summed E-state index contributed by atoms with van der Waals surface area (Å²) < 4.78 is 0. The minimum Gasteiger partial charge on any atom is -0.344 e. The molecule has 0 aliphatic carbocycles. The molecule has 110 valence electrons. The number of rotatable bonds is 10. The topological polar surface area (TPSA) is 44.0 Å². The summed E-state index contributed by atoms with van der Waals surface area (Å²) in [5.41, 5.74) is 1.01. The number of imidazole rings is 1. The number of halogens is 1. The summed E-state index contributed by atoms with van der Waals surface area (Å²) in [6.07, 6.45) is 5.73. The van der Waals surface area contributed by atoms with Crippen LogP contribution in [0.25, 0.3) is 0 Å². The molecular weight excluding hydrogens is 260 g/mol. The number of aromatic amines is 1. The highest BCUT2D eigenvalue weighted by atomic mass is 35.5. The first-order valence-electron chi connectivity index (χ1n) is 7.22. The zero-order valence-electron chi connectivity index (χ0n) is 12.4. The monoisotopic (exact) mass is 286 g/mol. The van der Waals surface area contributed by atoms with Gasteiger partial charge in [-0.2, -0.15) is 0 Å². The van der Waals surface area contributed by atoms with Crippen molar-refractivity contribution in [2.75, 3.05) is 27.2 Å². The number of aryl methyl sites for hydroxylation is 1. The normalized spacial score (nSPS) is 11.4. The van der Waals surface area contributed by atoms with E-state index in [0.29, 0.717) is 5.15 Å². The van der Waals surface area contributed by atoms with Crippen molar-refractivity contribution >= 4 is 11.6 Å². The molecule has 0 radical (unpaired) electrons. The van der Waals surface area contributed by atoms with Crippen LogP contribution in [0.5, 0.6) is 0 Å². The van der Waals surface area contributed by atoms with E-state index in [9.17, 15) is 0 Å². The second-order valence-electron chi connectivity index (χ2n) is 5.24. The molecule has 1 aromatic heterocycles. The Balaban J connectivity index is 2.19. The Morgan fingerprint density at radius 2 is 2.05 bits per heavy atom. The van der Waals surface area contributed by atoms with Gasteiger partial charge in [-0.25, -0.2) is 4.98 Å². The van der Waals surface area contributed by atoms with Crippen molar-refractivity contribution in [3.8, 4) is 0 Å². The number of nitrogens with one attached hydrogen (secondary N) is 2. The summed E-state index contributed by atoms with van der Waals surface area (Å²) in [6.45, 7) is 5.13. The Morgan fingerprint density at radius 3 is 2.74 bits per heavy atom. The first-order valence-corrected chi connectivity index (χ1v) is 7.60. The van der Waals surface area contributed by atoms with Gasteiger partial charge in [-0.3, -0.25) is 0 Å². The van der Waals surface area contributed by atoms with Crippen LogP contribution in [0.15, 0.2) is 0 Å². The van der Waals surface area contributed by atoms with Crippen LogP contribution in [0.3, 0.4) is 0 Å². The van der Waals surface area contributed by atoms with E-state index in [1.165, 1.54) is 19.3 Å². The van der Waals surface area contributed by atoms with Crippen molar-refractivity contribution in [1.29, 1.82) is 0 Å². The van der Waals surface area contributed by atoms with Crippen LogP contribution in [0, 0.1) is 0 Å². The van der Waals surface area contributed by atoms with Gasteiger partial charge in [0.15, 0.2) is 5.15 Å². The van der Waals surface area contributed by atoms with E-state index in [1.807, 2.05) is 0 Å². The molecule has 0 aromatic carbocycles. The number of unbranched alkanes of at least 4 members (excludes halogenated alkanes) is 2. The van der Waals surface area contributed by atoms with Crippen molar-refractivity contribution in [3.05, 3.63) is 16.7 Å². The minimum absolute atomic E-state index is 0.617. The predicted octanol–water partition coefficient (Wildman–Crippen LogP) is 2.84. The molecule has 5 heteroatoms. The Labute approximate surface area is 121 Å². The molecule has 1 aromatic rings. The Hall–Kier alpha value is -0.580. The maximum Gasteiger partial charge on any atom is 0.151 e. The molecule has 0 aliphatic rings. The SMILES string of the molecule is CCCCc1nc(Cl)c(CNCCCCN(C)C)[nH]1. The van der Waals surface area contributed by atoms with Gasteiger partial charge in [0.1, 0.15) is 5.82 Å². The van der Waals surface area contributed by atoms with Crippen LogP contribution in [0.4, 0.5) is 0 Å². The van der Waals surface area contributed by atoms with E-state index < -0.39 is 0 Å². The van der Waals surface area contributed by atoms with Gasteiger partial charge < -0.3 is 15.2 Å². The molecule has 19 heavy (non-hydrogen) atoms. The lowest BCUT2D eigenvalue weighted by Crippen LogP contribution is -2.18. The summed E-state index contributed by atoms with van der Waals surface area (Å²) in [5.74, 6) is 1.01. The highest BCUT2D eigenvalue weighted by Gasteiger charge is 2.07. The summed E-state index contributed by atoms with van der Waals surface area (Å²) in [4.78, 5) is 9.88. The van der Waals surface area contributed by atoms with Crippen LogP contribution < -0.4 is 5.32 Å². The number of hydrogen-bond acceptors (Lipinski definition) is 3. The van der Waals surface area contributed by atoms with Crippen molar-refractivity contribution in [2.45, 2.75) is 45.6 Å². The lowest BCUT2D eigenvalue weighted by Gasteiger charge is -2.09. The van der Waals surface area contributed by atoms with E-state index in [4.69, 9.17) is 11.6 Å². The van der Waals surface area contributed by atoms with Gasteiger partial charge in [0.25, 0.3) is 0 Å². The van der Waals surface area contributed by atoms with E-state index in [2.05, 4.69) is 41.2 Å². The molecule has 0 atom stereocenters. The number of nitrogens with zero attached hydrogens (tertiary/aromatic N) is 2. The fourth-order valence-corrected chi connectivity index (χ4v) is 2.13. The number of H-pyrrole nitrogens is 1. The molecule has 0 spiro atoms. The molecule has 0 fully saturated rings. The second-order valence-corrected chi connectivity index (χ2v) is 5.60. The van der Waals surface area contributed by atoms with Crippen LogP contribution >= 0.6 is 11.6 Å².